The van der Waals surface area contributed by atoms with E-state index in [0.717, 1.165) is 10.2 Å². The van der Waals surface area contributed by atoms with Crippen molar-refractivity contribution in [1.82, 2.24) is 9.55 Å². The second-order valence-corrected chi connectivity index (χ2v) is 4.69. The summed E-state index contributed by atoms with van der Waals surface area (Å²) in [6.45, 7) is 1.95. The number of nitrogens with zero attached hydrogens (tertiary/aromatic N) is 2. The van der Waals surface area contributed by atoms with Gasteiger partial charge in [-0.3, -0.25) is 4.57 Å². The van der Waals surface area contributed by atoms with Gasteiger partial charge in [0.1, 0.15) is 5.15 Å². The van der Waals surface area contributed by atoms with Crippen LogP contribution in [0.4, 0.5) is 0 Å². The lowest BCUT2D eigenvalue weighted by Crippen LogP contribution is -1.99. The summed E-state index contributed by atoms with van der Waals surface area (Å²) in [7, 11) is 0. The molecule has 0 aromatic carbocycles. The van der Waals surface area contributed by atoms with E-state index < -0.39 is 0 Å². The smallest absolute Gasteiger partial charge is 0.156 e. The molecule has 2 aromatic rings. The zero-order chi connectivity index (χ0) is 11.0. The maximum atomic E-state index is 6.14. The van der Waals surface area contributed by atoms with Crippen molar-refractivity contribution in [2.45, 2.75) is 6.92 Å². The molecule has 2 nitrogen and oxygen atoms in total. The molecule has 15 heavy (non-hydrogen) atoms. The van der Waals surface area contributed by atoms with Gasteiger partial charge in [0.25, 0.3) is 0 Å². The van der Waals surface area contributed by atoms with E-state index in [1.54, 1.807) is 22.9 Å². The van der Waals surface area contributed by atoms with E-state index in [1.165, 1.54) is 0 Å². The Morgan fingerprint density at radius 3 is 2.67 bits per heavy atom. The lowest BCUT2D eigenvalue weighted by atomic mass is 10.4. The average molecular weight is 306 g/mol. The van der Waals surface area contributed by atoms with E-state index in [2.05, 4.69) is 20.9 Å². The van der Waals surface area contributed by atoms with Crippen LogP contribution in [-0.2, 0) is 0 Å². The fraction of sp³-hybridized carbons (Fsp3) is 0.100. The van der Waals surface area contributed by atoms with Gasteiger partial charge in [-0.05, 0) is 41.1 Å². The van der Waals surface area contributed by atoms with Gasteiger partial charge in [-0.25, -0.2) is 4.98 Å². The second kappa shape index (κ2) is 4.16. The lowest BCUT2D eigenvalue weighted by Gasteiger charge is -2.08. The molecular weight excluding hydrogens is 299 g/mol. The van der Waals surface area contributed by atoms with Crippen LogP contribution in [0, 0.1) is 6.92 Å². The molecule has 2 heterocycles. The topological polar surface area (TPSA) is 17.8 Å². The van der Waals surface area contributed by atoms with Crippen molar-refractivity contribution in [3.8, 4) is 5.82 Å². The van der Waals surface area contributed by atoms with Gasteiger partial charge in [-0.15, -0.1) is 0 Å². The van der Waals surface area contributed by atoms with Crippen LogP contribution >= 0.6 is 39.1 Å². The molecule has 78 valence electrons. The van der Waals surface area contributed by atoms with Crippen molar-refractivity contribution in [3.05, 3.63) is 44.7 Å². The molecule has 0 unspecified atom stereocenters. The SMILES string of the molecule is Cc1cc(Br)c(Cl)n1-c1ncccc1Cl. The number of halogens is 3. The molecule has 0 N–H and O–H groups in total. The van der Waals surface area contributed by atoms with Gasteiger partial charge in [-0.2, -0.15) is 0 Å². The highest BCUT2D eigenvalue weighted by Gasteiger charge is 2.13. The van der Waals surface area contributed by atoms with Gasteiger partial charge in [-0.1, -0.05) is 23.2 Å². The maximum absolute atomic E-state index is 6.14. The molecule has 2 rings (SSSR count). The Morgan fingerprint density at radius 1 is 1.40 bits per heavy atom. The van der Waals surface area contributed by atoms with Gasteiger partial charge < -0.3 is 0 Å². The van der Waals surface area contributed by atoms with Crippen molar-refractivity contribution in [1.29, 1.82) is 0 Å². The summed E-state index contributed by atoms with van der Waals surface area (Å²) in [5, 5.41) is 1.15. The highest BCUT2D eigenvalue weighted by Crippen LogP contribution is 2.31. The number of rotatable bonds is 1. The fourth-order valence-electron chi connectivity index (χ4n) is 1.37. The Balaban J connectivity index is 2.69. The molecule has 5 heteroatoms. The first-order valence-corrected chi connectivity index (χ1v) is 5.80. The Bertz CT molecular complexity index is 508. The van der Waals surface area contributed by atoms with E-state index in [-0.39, 0.29) is 0 Å². The summed E-state index contributed by atoms with van der Waals surface area (Å²) >= 11 is 15.6. The number of hydrogen-bond donors (Lipinski definition) is 0. The summed E-state index contributed by atoms with van der Waals surface area (Å²) in [4.78, 5) is 4.21. The zero-order valence-electron chi connectivity index (χ0n) is 7.84. The number of hydrogen-bond acceptors (Lipinski definition) is 1. The van der Waals surface area contributed by atoms with Crippen molar-refractivity contribution in [2.24, 2.45) is 0 Å². The van der Waals surface area contributed by atoms with Gasteiger partial charge >= 0.3 is 0 Å². The first kappa shape index (κ1) is 11.0. The Kier molecular flexibility index (Phi) is 3.05. The van der Waals surface area contributed by atoms with Crippen LogP contribution in [0.2, 0.25) is 10.2 Å². The Morgan fingerprint density at radius 2 is 2.13 bits per heavy atom. The first-order chi connectivity index (χ1) is 7.11. The molecule has 0 atom stereocenters. The van der Waals surface area contributed by atoms with Crippen molar-refractivity contribution in [3.63, 3.8) is 0 Å². The molecule has 2 aromatic heterocycles. The van der Waals surface area contributed by atoms with Gasteiger partial charge in [0.05, 0.1) is 9.50 Å². The molecular formula is C10H7BrCl2N2. The normalized spacial score (nSPS) is 10.7. The average Bonchev–Trinajstić information content (AvgIpc) is 2.43. The molecule has 0 aliphatic carbocycles. The molecule has 0 aliphatic heterocycles. The van der Waals surface area contributed by atoms with Crippen LogP contribution in [0.3, 0.4) is 0 Å². The Hall–Kier alpha value is -0.510. The summed E-state index contributed by atoms with van der Waals surface area (Å²) in [6, 6.07) is 5.49. The second-order valence-electron chi connectivity index (χ2n) is 3.07. The lowest BCUT2D eigenvalue weighted by molar-refractivity contribution is 0.962. The largest absolute Gasteiger partial charge is 0.287 e. The summed E-state index contributed by atoms with van der Waals surface area (Å²) in [5.74, 6) is 0.646. The quantitative estimate of drug-likeness (QED) is 0.770. The maximum Gasteiger partial charge on any atom is 0.156 e. The van der Waals surface area contributed by atoms with E-state index in [4.69, 9.17) is 23.2 Å². The molecule has 0 saturated carbocycles. The van der Waals surface area contributed by atoms with Crippen LogP contribution in [0.15, 0.2) is 28.9 Å². The standard InChI is InChI=1S/C10H7BrCl2N2/c1-6-5-7(11)9(13)15(6)10-8(12)3-2-4-14-10/h2-5H,1H3. The van der Waals surface area contributed by atoms with E-state index >= 15 is 0 Å². The minimum atomic E-state index is 0.575. The van der Waals surface area contributed by atoms with Crippen LogP contribution in [0.25, 0.3) is 5.82 Å². The monoisotopic (exact) mass is 304 g/mol. The van der Waals surface area contributed by atoms with Crippen molar-refractivity contribution in [2.75, 3.05) is 0 Å². The van der Waals surface area contributed by atoms with E-state index in [9.17, 15) is 0 Å². The third-order valence-electron chi connectivity index (χ3n) is 2.03. The predicted octanol–water partition coefficient (Wildman–Crippen LogP) is 4.25. The summed E-state index contributed by atoms with van der Waals surface area (Å²) in [5.41, 5.74) is 0.979. The highest BCUT2D eigenvalue weighted by molar-refractivity contribution is 9.10. The van der Waals surface area contributed by atoms with Crippen LogP contribution in [-0.4, -0.2) is 9.55 Å². The third kappa shape index (κ3) is 1.92. The van der Waals surface area contributed by atoms with Gasteiger partial charge in [0.15, 0.2) is 5.82 Å². The minimum absolute atomic E-state index is 0.575. The molecule has 0 amide bonds. The summed E-state index contributed by atoms with van der Waals surface area (Å²) < 4.78 is 2.64. The van der Waals surface area contributed by atoms with Crippen LogP contribution in [0.5, 0.6) is 0 Å². The molecule has 0 aliphatic rings. The molecule has 0 fully saturated rings. The Labute approximate surface area is 106 Å². The van der Waals surface area contributed by atoms with E-state index in [1.807, 2.05) is 13.0 Å². The predicted molar refractivity (Wildman–Crippen MR) is 66.0 cm³/mol. The third-order valence-corrected chi connectivity index (χ3v) is 3.53. The van der Waals surface area contributed by atoms with Gasteiger partial charge in [0, 0.05) is 11.9 Å². The number of aromatic nitrogens is 2. The number of pyridine rings is 1. The fourth-order valence-corrected chi connectivity index (χ4v) is 2.35. The zero-order valence-corrected chi connectivity index (χ0v) is 10.9. The molecule has 0 bridgehead atoms. The summed E-state index contributed by atoms with van der Waals surface area (Å²) in [6.07, 6.45) is 1.69. The van der Waals surface area contributed by atoms with Crippen LogP contribution < -0.4 is 0 Å². The first-order valence-electron chi connectivity index (χ1n) is 4.25. The van der Waals surface area contributed by atoms with Crippen molar-refractivity contribution < 1.29 is 0 Å². The molecule has 0 radical (unpaired) electrons. The van der Waals surface area contributed by atoms with E-state index in [0.29, 0.717) is 16.0 Å². The van der Waals surface area contributed by atoms with Gasteiger partial charge in [0.2, 0.25) is 0 Å². The van der Waals surface area contributed by atoms with Crippen LogP contribution in [0.1, 0.15) is 5.69 Å². The van der Waals surface area contributed by atoms with Crippen molar-refractivity contribution >= 4 is 39.1 Å². The minimum Gasteiger partial charge on any atom is -0.287 e. The number of aryl methyl sites for hydroxylation is 1. The highest BCUT2D eigenvalue weighted by atomic mass is 79.9. The molecule has 0 spiro atoms. The molecule has 0 saturated heterocycles.